The number of halogens is 2. The summed E-state index contributed by atoms with van der Waals surface area (Å²) in [6, 6.07) is 7.30. The van der Waals surface area contributed by atoms with E-state index < -0.39 is 29.1 Å². The lowest BCUT2D eigenvalue weighted by Gasteiger charge is -2.25. The van der Waals surface area contributed by atoms with Gasteiger partial charge in [-0.2, -0.15) is 0 Å². The Balaban J connectivity index is 1.64. The summed E-state index contributed by atoms with van der Waals surface area (Å²) in [6.07, 6.45) is 1.99. The zero-order chi connectivity index (χ0) is 19.4. The fraction of sp³-hybridized carbons (Fsp3) is 0.263. The van der Waals surface area contributed by atoms with Crippen molar-refractivity contribution in [2.45, 2.75) is 31.0 Å². The summed E-state index contributed by atoms with van der Waals surface area (Å²) < 4.78 is 33.1. The van der Waals surface area contributed by atoms with Gasteiger partial charge in [0.1, 0.15) is 28.4 Å². The zero-order valence-corrected chi connectivity index (χ0v) is 15.4. The van der Waals surface area contributed by atoms with Crippen molar-refractivity contribution < 1.29 is 23.1 Å². The Bertz CT molecular complexity index is 856. The van der Waals surface area contributed by atoms with E-state index in [4.69, 9.17) is 4.74 Å². The van der Waals surface area contributed by atoms with Crippen LogP contribution in [0.1, 0.15) is 35.7 Å². The number of nitrogens with one attached hydrogen (secondary N) is 2. The standard InChI is InChI=1S/C19H18F2N2O3S/c1-2-4-16-26-15-8-7-12(9-11(15)10-27-16)22-19(25)23-18(24)17-13(20)5-3-6-14(17)21/h3,5-9,16H,2,4,10H2,1H3,(H2,22,23,24,25). The third kappa shape index (κ3) is 4.57. The van der Waals surface area contributed by atoms with E-state index in [2.05, 4.69) is 12.2 Å². The number of anilines is 1. The fourth-order valence-corrected chi connectivity index (χ4v) is 3.83. The molecule has 0 radical (unpaired) electrons. The Morgan fingerprint density at radius 3 is 2.67 bits per heavy atom. The van der Waals surface area contributed by atoms with Gasteiger partial charge in [0.25, 0.3) is 5.91 Å². The van der Waals surface area contributed by atoms with Crippen LogP contribution in [0.3, 0.4) is 0 Å². The highest BCUT2D eigenvalue weighted by Crippen LogP contribution is 2.36. The van der Waals surface area contributed by atoms with E-state index in [1.807, 2.05) is 5.32 Å². The van der Waals surface area contributed by atoms with Gasteiger partial charge in [-0.05, 0) is 36.8 Å². The van der Waals surface area contributed by atoms with Crippen LogP contribution in [-0.4, -0.2) is 17.4 Å². The second-order valence-corrected chi connectivity index (χ2v) is 7.12. The van der Waals surface area contributed by atoms with Gasteiger partial charge in [-0.3, -0.25) is 10.1 Å². The number of carbonyl (C=O) groups excluding carboxylic acids is 2. The van der Waals surface area contributed by atoms with Crippen molar-refractivity contribution in [3.8, 4) is 5.75 Å². The van der Waals surface area contributed by atoms with Crippen molar-refractivity contribution in [1.82, 2.24) is 5.32 Å². The quantitative estimate of drug-likeness (QED) is 0.793. The van der Waals surface area contributed by atoms with Crippen molar-refractivity contribution in [2.24, 2.45) is 0 Å². The molecule has 1 aliphatic heterocycles. The predicted molar refractivity (Wildman–Crippen MR) is 99.9 cm³/mol. The first-order valence-electron chi connectivity index (χ1n) is 8.45. The minimum absolute atomic E-state index is 0.123. The third-order valence-electron chi connectivity index (χ3n) is 3.94. The van der Waals surface area contributed by atoms with Gasteiger partial charge in [0.05, 0.1) is 0 Å². The molecule has 3 amide bonds. The Hall–Kier alpha value is -2.61. The van der Waals surface area contributed by atoms with Gasteiger partial charge < -0.3 is 10.1 Å². The number of imide groups is 1. The molecule has 3 rings (SSSR count). The molecule has 27 heavy (non-hydrogen) atoms. The highest BCUT2D eigenvalue weighted by molar-refractivity contribution is 7.99. The second-order valence-electron chi connectivity index (χ2n) is 5.97. The smallest absolute Gasteiger partial charge is 0.326 e. The monoisotopic (exact) mass is 392 g/mol. The first kappa shape index (κ1) is 19.2. The fourth-order valence-electron chi connectivity index (χ4n) is 2.66. The van der Waals surface area contributed by atoms with E-state index in [-0.39, 0.29) is 5.44 Å². The van der Waals surface area contributed by atoms with Gasteiger partial charge in [-0.1, -0.05) is 19.4 Å². The first-order chi connectivity index (χ1) is 13.0. The van der Waals surface area contributed by atoms with Gasteiger partial charge in [0.15, 0.2) is 0 Å². The molecule has 0 saturated carbocycles. The molecule has 0 bridgehead atoms. The minimum atomic E-state index is -1.15. The molecule has 2 aromatic carbocycles. The normalized spacial score (nSPS) is 15.4. The molecule has 2 aromatic rings. The van der Waals surface area contributed by atoms with Gasteiger partial charge in [-0.25, -0.2) is 13.6 Å². The Labute approximate surface area is 159 Å². The zero-order valence-electron chi connectivity index (χ0n) is 14.6. The predicted octanol–water partition coefficient (Wildman–Crippen LogP) is 4.68. The molecule has 5 nitrogen and oxygen atoms in total. The average molecular weight is 392 g/mol. The number of urea groups is 1. The van der Waals surface area contributed by atoms with Crippen LogP contribution in [0.2, 0.25) is 0 Å². The molecule has 1 unspecified atom stereocenters. The van der Waals surface area contributed by atoms with E-state index >= 15 is 0 Å². The van der Waals surface area contributed by atoms with Gasteiger partial charge in [0, 0.05) is 17.0 Å². The minimum Gasteiger partial charge on any atom is -0.479 e. The Morgan fingerprint density at radius 2 is 1.96 bits per heavy atom. The number of fused-ring (bicyclic) bond motifs is 1. The highest BCUT2D eigenvalue weighted by Gasteiger charge is 2.21. The maximum Gasteiger partial charge on any atom is 0.326 e. The topological polar surface area (TPSA) is 67.4 Å². The van der Waals surface area contributed by atoms with Crippen LogP contribution in [0.4, 0.5) is 19.3 Å². The second kappa shape index (κ2) is 8.39. The van der Waals surface area contributed by atoms with Crippen LogP contribution >= 0.6 is 11.8 Å². The lowest BCUT2D eigenvalue weighted by molar-refractivity contribution is 0.0959. The van der Waals surface area contributed by atoms with Crippen molar-refractivity contribution >= 4 is 29.4 Å². The molecule has 0 aliphatic carbocycles. The Morgan fingerprint density at radius 1 is 1.22 bits per heavy atom. The molecule has 1 atom stereocenters. The summed E-state index contributed by atoms with van der Waals surface area (Å²) in [6.45, 7) is 2.10. The van der Waals surface area contributed by atoms with Crippen molar-refractivity contribution in [3.63, 3.8) is 0 Å². The van der Waals surface area contributed by atoms with Crippen LogP contribution in [0.5, 0.6) is 5.75 Å². The van der Waals surface area contributed by atoms with E-state index in [9.17, 15) is 18.4 Å². The molecular formula is C19H18F2N2O3S. The van der Waals surface area contributed by atoms with Gasteiger partial charge >= 0.3 is 6.03 Å². The molecule has 0 aromatic heterocycles. The van der Waals surface area contributed by atoms with E-state index in [1.54, 1.807) is 30.0 Å². The summed E-state index contributed by atoms with van der Waals surface area (Å²) in [4.78, 5) is 23.9. The number of amides is 3. The van der Waals surface area contributed by atoms with Gasteiger partial charge in [0.2, 0.25) is 0 Å². The lowest BCUT2D eigenvalue weighted by atomic mass is 10.2. The highest BCUT2D eigenvalue weighted by atomic mass is 32.2. The number of hydrogen-bond donors (Lipinski definition) is 2. The van der Waals surface area contributed by atoms with Crippen molar-refractivity contribution in [2.75, 3.05) is 5.32 Å². The molecule has 1 heterocycles. The SMILES string of the molecule is CCCC1Oc2ccc(NC(=O)NC(=O)c3c(F)cccc3F)cc2CS1. The molecule has 0 saturated heterocycles. The number of ether oxygens (including phenoxy) is 1. The van der Waals surface area contributed by atoms with Crippen LogP contribution in [-0.2, 0) is 5.75 Å². The summed E-state index contributed by atoms with van der Waals surface area (Å²) >= 11 is 1.68. The molecule has 8 heteroatoms. The number of carbonyl (C=O) groups is 2. The lowest BCUT2D eigenvalue weighted by Crippen LogP contribution is -2.35. The van der Waals surface area contributed by atoms with E-state index in [1.165, 1.54) is 0 Å². The molecule has 1 aliphatic rings. The number of hydrogen-bond acceptors (Lipinski definition) is 4. The van der Waals surface area contributed by atoms with E-state index in [0.29, 0.717) is 5.69 Å². The van der Waals surface area contributed by atoms with Crippen LogP contribution in [0.25, 0.3) is 0 Å². The van der Waals surface area contributed by atoms with Crippen LogP contribution in [0.15, 0.2) is 36.4 Å². The number of thioether (sulfide) groups is 1. The van der Waals surface area contributed by atoms with Crippen molar-refractivity contribution in [1.29, 1.82) is 0 Å². The summed E-state index contributed by atoms with van der Waals surface area (Å²) in [5.41, 5.74) is 0.700. The number of benzene rings is 2. The summed E-state index contributed by atoms with van der Waals surface area (Å²) in [5, 5.41) is 4.41. The van der Waals surface area contributed by atoms with Gasteiger partial charge in [-0.15, -0.1) is 11.8 Å². The molecule has 142 valence electrons. The Kier molecular flexibility index (Phi) is 5.95. The van der Waals surface area contributed by atoms with Crippen LogP contribution < -0.4 is 15.4 Å². The molecule has 0 spiro atoms. The molecule has 2 N–H and O–H groups in total. The summed E-state index contributed by atoms with van der Waals surface area (Å²) in [7, 11) is 0. The van der Waals surface area contributed by atoms with E-state index in [0.717, 1.165) is 48.1 Å². The molecule has 0 fully saturated rings. The largest absolute Gasteiger partial charge is 0.479 e. The van der Waals surface area contributed by atoms with Crippen molar-refractivity contribution in [3.05, 3.63) is 59.2 Å². The third-order valence-corrected chi connectivity index (χ3v) is 5.12. The average Bonchev–Trinajstić information content (AvgIpc) is 2.62. The summed E-state index contributed by atoms with van der Waals surface area (Å²) in [5.74, 6) is -1.71. The number of rotatable bonds is 4. The first-order valence-corrected chi connectivity index (χ1v) is 9.50. The van der Waals surface area contributed by atoms with Crippen LogP contribution in [0, 0.1) is 11.6 Å². The molecular weight excluding hydrogens is 374 g/mol. The maximum absolute atomic E-state index is 13.6. The maximum atomic E-state index is 13.6.